The normalized spacial score (nSPS) is 34.9. The number of aliphatic hydroxyl groups is 1. The summed E-state index contributed by atoms with van der Waals surface area (Å²) in [6.07, 6.45) is 1.79. The van der Waals surface area contributed by atoms with Crippen molar-refractivity contribution in [3.63, 3.8) is 0 Å². The van der Waals surface area contributed by atoms with E-state index in [1.54, 1.807) is 6.07 Å². The molecule has 2 aliphatic heterocycles. The molecule has 1 spiro atoms. The molecule has 3 atom stereocenters. The van der Waals surface area contributed by atoms with E-state index in [0.717, 1.165) is 19.4 Å². The molecule has 1 fully saturated rings. The fourth-order valence-electron chi connectivity index (χ4n) is 3.28. The third-order valence-electron chi connectivity index (χ3n) is 4.57. The first-order valence-corrected chi connectivity index (χ1v) is 6.86. The van der Waals surface area contributed by atoms with E-state index in [1.165, 1.54) is 12.1 Å². The Labute approximate surface area is 113 Å². The lowest BCUT2D eigenvalue weighted by molar-refractivity contribution is -0.0647. The van der Waals surface area contributed by atoms with E-state index in [0.29, 0.717) is 23.8 Å². The van der Waals surface area contributed by atoms with E-state index in [9.17, 15) is 9.50 Å². The quantitative estimate of drug-likeness (QED) is 0.782. The Morgan fingerprint density at radius 1 is 1.42 bits per heavy atom. The number of rotatable bonds is 0. The van der Waals surface area contributed by atoms with Crippen LogP contribution < -0.4 is 4.74 Å². The molecule has 3 rings (SSSR count). The minimum atomic E-state index is -0.556. The van der Waals surface area contributed by atoms with Gasteiger partial charge in [-0.25, -0.2) is 4.39 Å². The van der Waals surface area contributed by atoms with Crippen molar-refractivity contribution in [2.75, 3.05) is 13.6 Å². The fourth-order valence-corrected chi connectivity index (χ4v) is 3.28. The van der Waals surface area contributed by atoms with Crippen molar-refractivity contribution in [2.45, 2.75) is 43.9 Å². The number of aliphatic hydroxyl groups excluding tert-OH is 1. The molecule has 2 aliphatic rings. The Kier molecular flexibility index (Phi) is 3.02. The van der Waals surface area contributed by atoms with Gasteiger partial charge in [-0.05, 0) is 32.5 Å². The average Bonchev–Trinajstić information content (AvgIpc) is 2.34. The lowest BCUT2D eigenvalue weighted by Crippen LogP contribution is -2.52. The smallest absolute Gasteiger partial charge is 0.128 e. The molecule has 0 aromatic heterocycles. The van der Waals surface area contributed by atoms with Crippen molar-refractivity contribution in [2.24, 2.45) is 0 Å². The fraction of sp³-hybridized carbons (Fsp3) is 0.600. The zero-order valence-corrected chi connectivity index (χ0v) is 11.4. The molecule has 1 aromatic rings. The van der Waals surface area contributed by atoms with Crippen LogP contribution in [-0.4, -0.2) is 35.2 Å². The molecule has 2 heterocycles. The van der Waals surface area contributed by atoms with Crippen LogP contribution in [0.3, 0.4) is 0 Å². The van der Waals surface area contributed by atoms with Gasteiger partial charge in [0.15, 0.2) is 0 Å². The molecule has 0 radical (unpaired) electrons. The van der Waals surface area contributed by atoms with Crippen LogP contribution >= 0.6 is 0 Å². The molecule has 3 unspecified atom stereocenters. The Morgan fingerprint density at radius 3 is 2.95 bits per heavy atom. The van der Waals surface area contributed by atoms with E-state index in [1.807, 2.05) is 0 Å². The number of hydrogen-bond donors (Lipinski definition) is 1. The molecule has 0 aliphatic carbocycles. The zero-order chi connectivity index (χ0) is 13.6. The van der Waals surface area contributed by atoms with Crippen LogP contribution in [0.4, 0.5) is 4.39 Å². The number of piperidine rings is 1. The second-order valence-corrected chi connectivity index (χ2v) is 5.97. The van der Waals surface area contributed by atoms with Gasteiger partial charge in [0.2, 0.25) is 0 Å². The van der Waals surface area contributed by atoms with Gasteiger partial charge in [-0.2, -0.15) is 0 Å². The maximum absolute atomic E-state index is 13.3. The van der Waals surface area contributed by atoms with Crippen molar-refractivity contribution in [3.8, 4) is 5.75 Å². The predicted molar refractivity (Wildman–Crippen MR) is 70.7 cm³/mol. The van der Waals surface area contributed by atoms with E-state index >= 15 is 0 Å². The molecule has 104 valence electrons. The van der Waals surface area contributed by atoms with Gasteiger partial charge in [-0.1, -0.05) is 0 Å². The molecular weight excluding hydrogens is 245 g/mol. The van der Waals surface area contributed by atoms with Gasteiger partial charge in [0.25, 0.3) is 0 Å². The van der Waals surface area contributed by atoms with Crippen LogP contribution in [0.15, 0.2) is 18.2 Å². The first-order chi connectivity index (χ1) is 8.99. The van der Waals surface area contributed by atoms with E-state index in [4.69, 9.17) is 4.74 Å². The summed E-state index contributed by atoms with van der Waals surface area (Å²) in [5.74, 6) is 0.194. The molecule has 1 aromatic carbocycles. The number of likely N-dealkylation sites (tertiary alicyclic amines) is 1. The highest BCUT2D eigenvalue weighted by molar-refractivity contribution is 5.38. The standard InChI is InChI=1S/C15H20FNO2/c1-10-8-15(5-6-17(10)2)9-13(18)12-4-3-11(16)7-14(12)19-15/h3-4,7,10,13,18H,5-6,8-9H2,1-2H3. The summed E-state index contributed by atoms with van der Waals surface area (Å²) in [6.45, 7) is 3.11. The van der Waals surface area contributed by atoms with Gasteiger partial charge < -0.3 is 14.7 Å². The molecular formula is C15H20FNO2. The van der Waals surface area contributed by atoms with Gasteiger partial charge in [-0.3, -0.25) is 0 Å². The first-order valence-electron chi connectivity index (χ1n) is 6.86. The van der Waals surface area contributed by atoms with Crippen molar-refractivity contribution in [1.29, 1.82) is 0 Å². The van der Waals surface area contributed by atoms with Crippen molar-refractivity contribution >= 4 is 0 Å². The van der Waals surface area contributed by atoms with Crippen molar-refractivity contribution < 1.29 is 14.2 Å². The van der Waals surface area contributed by atoms with Crippen molar-refractivity contribution in [3.05, 3.63) is 29.6 Å². The van der Waals surface area contributed by atoms with E-state index < -0.39 is 6.10 Å². The minimum absolute atomic E-state index is 0.316. The number of nitrogens with zero attached hydrogens (tertiary/aromatic N) is 1. The summed E-state index contributed by atoms with van der Waals surface area (Å²) in [7, 11) is 2.10. The van der Waals surface area contributed by atoms with E-state index in [-0.39, 0.29) is 11.4 Å². The number of benzene rings is 1. The molecule has 0 amide bonds. The third-order valence-corrected chi connectivity index (χ3v) is 4.57. The summed E-state index contributed by atoms with van der Waals surface area (Å²) >= 11 is 0. The summed E-state index contributed by atoms with van der Waals surface area (Å²) in [5, 5.41) is 10.3. The number of hydrogen-bond acceptors (Lipinski definition) is 3. The average molecular weight is 265 g/mol. The zero-order valence-electron chi connectivity index (χ0n) is 11.4. The van der Waals surface area contributed by atoms with Gasteiger partial charge >= 0.3 is 0 Å². The molecule has 4 heteroatoms. The van der Waals surface area contributed by atoms with Gasteiger partial charge in [0.1, 0.15) is 17.2 Å². The van der Waals surface area contributed by atoms with Gasteiger partial charge in [-0.15, -0.1) is 0 Å². The van der Waals surface area contributed by atoms with Crippen LogP contribution in [-0.2, 0) is 0 Å². The van der Waals surface area contributed by atoms with Gasteiger partial charge in [0.05, 0.1) is 6.10 Å². The maximum atomic E-state index is 13.3. The molecule has 0 bridgehead atoms. The van der Waals surface area contributed by atoms with Crippen LogP contribution in [0.5, 0.6) is 5.75 Å². The summed E-state index contributed by atoms with van der Waals surface area (Å²) < 4.78 is 19.4. The largest absolute Gasteiger partial charge is 0.487 e. The minimum Gasteiger partial charge on any atom is -0.487 e. The van der Waals surface area contributed by atoms with Crippen molar-refractivity contribution in [1.82, 2.24) is 4.90 Å². The highest BCUT2D eigenvalue weighted by Crippen LogP contribution is 2.45. The Balaban J connectivity index is 1.91. The molecule has 19 heavy (non-hydrogen) atoms. The molecule has 1 saturated heterocycles. The van der Waals surface area contributed by atoms with Crippen LogP contribution in [0, 0.1) is 5.82 Å². The second kappa shape index (κ2) is 4.46. The molecule has 0 saturated carbocycles. The highest BCUT2D eigenvalue weighted by Gasteiger charge is 2.44. The Bertz CT molecular complexity index is 493. The second-order valence-electron chi connectivity index (χ2n) is 5.97. The summed E-state index contributed by atoms with van der Waals surface area (Å²) in [5.41, 5.74) is 0.366. The van der Waals surface area contributed by atoms with Crippen LogP contribution in [0.1, 0.15) is 37.9 Å². The van der Waals surface area contributed by atoms with Crippen LogP contribution in [0.2, 0.25) is 0 Å². The lowest BCUT2D eigenvalue weighted by atomic mass is 9.79. The maximum Gasteiger partial charge on any atom is 0.128 e. The summed E-state index contributed by atoms with van der Waals surface area (Å²) in [4.78, 5) is 2.29. The molecule has 1 N–H and O–H groups in total. The monoisotopic (exact) mass is 265 g/mol. The third kappa shape index (κ3) is 2.23. The first kappa shape index (κ1) is 12.9. The summed E-state index contributed by atoms with van der Waals surface area (Å²) in [6, 6.07) is 4.81. The Hall–Kier alpha value is -1.13. The number of ether oxygens (including phenoxy) is 1. The molecule has 3 nitrogen and oxygen atoms in total. The number of fused-ring (bicyclic) bond motifs is 1. The van der Waals surface area contributed by atoms with E-state index in [2.05, 4.69) is 18.9 Å². The lowest BCUT2D eigenvalue weighted by Gasteiger charge is -2.47. The SMILES string of the molecule is CC1CC2(CCN1C)CC(O)c1ccc(F)cc1O2. The van der Waals surface area contributed by atoms with Gasteiger partial charge in [0, 0.05) is 37.1 Å². The highest BCUT2D eigenvalue weighted by atomic mass is 19.1. The van der Waals surface area contributed by atoms with Crippen LogP contribution in [0.25, 0.3) is 0 Å². The predicted octanol–water partition coefficient (Wildman–Crippen LogP) is 2.49. The Morgan fingerprint density at radius 2 is 2.21 bits per heavy atom. The number of halogens is 1. The topological polar surface area (TPSA) is 32.7 Å².